The van der Waals surface area contributed by atoms with Gasteiger partial charge >= 0.3 is 6.18 Å². The van der Waals surface area contributed by atoms with Crippen molar-refractivity contribution >= 4 is 5.69 Å². The van der Waals surface area contributed by atoms with Crippen LogP contribution in [-0.4, -0.2) is 33.6 Å². The Morgan fingerprint density at radius 3 is 2.65 bits per heavy atom. The summed E-state index contributed by atoms with van der Waals surface area (Å²) in [7, 11) is 0. The minimum Gasteiger partial charge on any atom is -0.373 e. The third-order valence-electron chi connectivity index (χ3n) is 7.35. The molecular formula is C22H27F3N4O2. The molecule has 31 heavy (non-hydrogen) atoms. The molecule has 2 aromatic rings. The molecule has 0 radical (unpaired) electrons. The lowest BCUT2D eigenvalue weighted by atomic mass is 9.68. The maximum Gasteiger partial charge on any atom is 0.455 e. The van der Waals surface area contributed by atoms with Crippen molar-refractivity contribution in [3.05, 3.63) is 41.0 Å². The van der Waals surface area contributed by atoms with E-state index in [1.165, 1.54) is 11.1 Å². The molecule has 3 atom stereocenters. The number of nitrogens with zero attached hydrogens (tertiary/aromatic N) is 2. The van der Waals surface area contributed by atoms with Gasteiger partial charge in [0, 0.05) is 29.1 Å². The number of hydrogen-bond acceptors (Lipinski definition) is 6. The number of aryl methyl sites for hydroxylation is 1. The number of halogens is 3. The normalized spacial score (nSPS) is 32.9. The number of alkyl halides is 3. The second kappa shape index (κ2) is 7.48. The summed E-state index contributed by atoms with van der Waals surface area (Å²) in [5, 5.41) is 20.8. The van der Waals surface area contributed by atoms with E-state index in [-0.39, 0.29) is 23.3 Å². The molecule has 6 nitrogen and oxygen atoms in total. The predicted octanol–water partition coefficient (Wildman–Crippen LogP) is 4.25. The maximum atomic E-state index is 12.7. The average Bonchev–Trinajstić information content (AvgIpc) is 3.43. The quantitative estimate of drug-likeness (QED) is 0.667. The van der Waals surface area contributed by atoms with Crippen LogP contribution in [0.4, 0.5) is 18.9 Å². The van der Waals surface area contributed by atoms with E-state index in [9.17, 15) is 18.3 Å². The summed E-state index contributed by atoms with van der Waals surface area (Å²) in [6.45, 7) is 2.07. The molecule has 0 saturated heterocycles. The summed E-state index contributed by atoms with van der Waals surface area (Å²) >= 11 is 0. The van der Waals surface area contributed by atoms with Gasteiger partial charge in [-0.05, 0) is 63.5 Å². The Bertz CT molecular complexity index is 952. The van der Waals surface area contributed by atoms with Crippen LogP contribution in [0.2, 0.25) is 0 Å². The molecule has 168 valence electrons. The van der Waals surface area contributed by atoms with Crippen LogP contribution < -0.4 is 10.6 Å². The third kappa shape index (κ3) is 3.71. The lowest BCUT2D eigenvalue weighted by Crippen LogP contribution is -2.47. The first kappa shape index (κ1) is 20.8. The first-order valence-corrected chi connectivity index (χ1v) is 11.0. The highest BCUT2D eigenvalue weighted by molar-refractivity contribution is 5.62. The third-order valence-corrected chi connectivity index (χ3v) is 7.35. The summed E-state index contributed by atoms with van der Waals surface area (Å²) < 4.78 is 43.1. The van der Waals surface area contributed by atoms with Gasteiger partial charge < -0.3 is 20.3 Å². The van der Waals surface area contributed by atoms with E-state index in [2.05, 4.69) is 39.8 Å². The molecular weight excluding hydrogens is 409 g/mol. The number of aliphatic hydroxyl groups is 1. The first-order valence-electron chi connectivity index (χ1n) is 11.0. The van der Waals surface area contributed by atoms with Crippen molar-refractivity contribution in [1.82, 2.24) is 15.5 Å². The Balaban J connectivity index is 1.19. The molecule has 1 aromatic heterocycles. The van der Waals surface area contributed by atoms with Crippen LogP contribution in [0.5, 0.6) is 0 Å². The Morgan fingerprint density at radius 1 is 1.16 bits per heavy atom. The number of aliphatic hydroxyl groups excluding tert-OH is 1. The van der Waals surface area contributed by atoms with Crippen LogP contribution >= 0.6 is 0 Å². The number of nitrogens with one attached hydrogen (secondary N) is 2. The summed E-state index contributed by atoms with van der Waals surface area (Å²) in [4.78, 5) is 3.56. The van der Waals surface area contributed by atoms with Crippen LogP contribution in [-0.2, 0) is 11.6 Å². The van der Waals surface area contributed by atoms with Crippen LogP contribution in [0.1, 0.15) is 73.7 Å². The van der Waals surface area contributed by atoms with Gasteiger partial charge in [0.1, 0.15) is 6.23 Å². The second-order valence-electron chi connectivity index (χ2n) is 9.35. The largest absolute Gasteiger partial charge is 0.455 e. The Morgan fingerprint density at radius 2 is 1.94 bits per heavy atom. The fourth-order valence-electron chi connectivity index (χ4n) is 5.68. The summed E-state index contributed by atoms with van der Waals surface area (Å²) in [6, 6.07) is 6.86. The van der Waals surface area contributed by atoms with Gasteiger partial charge in [-0.15, -0.1) is 0 Å². The standard InChI is InChI=1S/C22H27F3N4O2/c1-12-2-5-17-16(10-12)21(20(30)27-17)8-6-14(7-9-21)26-15-4-3-13(11-15)18-28-19(29-31-18)22(23,24)25/h2,5,10,13-15,20,26-27,30H,3-4,6-9,11H2,1H3/t13-,14?,15+,20?,21?/m0/s1. The summed E-state index contributed by atoms with van der Waals surface area (Å²) in [6.07, 6.45) is 0.860. The molecule has 1 aliphatic heterocycles. The number of fused-ring (bicyclic) bond motifs is 2. The topological polar surface area (TPSA) is 83.2 Å². The fourth-order valence-corrected chi connectivity index (χ4v) is 5.68. The lowest BCUT2D eigenvalue weighted by Gasteiger charge is -2.40. The van der Waals surface area contributed by atoms with Gasteiger partial charge in [0.25, 0.3) is 5.82 Å². The van der Waals surface area contributed by atoms with Gasteiger partial charge in [0.15, 0.2) is 0 Å². The molecule has 1 unspecified atom stereocenters. The van der Waals surface area contributed by atoms with Crippen molar-refractivity contribution in [3.63, 3.8) is 0 Å². The van der Waals surface area contributed by atoms with Gasteiger partial charge in [0.2, 0.25) is 5.89 Å². The van der Waals surface area contributed by atoms with Crippen molar-refractivity contribution in [3.8, 4) is 0 Å². The van der Waals surface area contributed by atoms with E-state index in [1.807, 2.05) is 6.07 Å². The first-order chi connectivity index (χ1) is 14.7. The van der Waals surface area contributed by atoms with Crippen molar-refractivity contribution in [2.45, 2.75) is 87.7 Å². The van der Waals surface area contributed by atoms with Gasteiger partial charge in [-0.25, -0.2) is 0 Å². The predicted molar refractivity (Wildman–Crippen MR) is 108 cm³/mol. The fraction of sp³-hybridized carbons (Fsp3) is 0.636. The minimum atomic E-state index is -4.58. The number of benzene rings is 1. The van der Waals surface area contributed by atoms with Crippen LogP contribution in [0, 0.1) is 6.92 Å². The van der Waals surface area contributed by atoms with E-state index in [4.69, 9.17) is 4.52 Å². The smallest absolute Gasteiger partial charge is 0.373 e. The molecule has 2 heterocycles. The highest BCUT2D eigenvalue weighted by Gasteiger charge is 2.48. The van der Waals surface area contributed by atoms with Gasteiger partial charge in [-0.3, -0.25) is 0 Å². The molecule has 1 spiro atoms. The van der Waals surface area contributed by atoms with E-state index in [0.717, 1.165) is 44.2 Å². The zero-order chi connectivity index (χ0) is 21.8. The number of hydrogen-bond donors (Lipinski definition) is 3. The number of rotatable bonds is 3. The molecule has 2 aliphatic carbocycles. The van der Waals surface area contributed by atoms with Crippen molar-refractivity contribution in [1.29, 1.82) is 0 Å². The molecule has 2 fully saturated rings. The number of aromatic nitrogens is 2. The van der Waals surface area contributed by atoms with Crippen molar-refractivity contribution < 1.29 is 22.8 Å². The maximum absolute atomic E-state index is 12.7. The summed E-state index contributed by atoms with van der Waals surface area (Å²) in [5.74, 6) is -1.24. The van der Waals surface area contributed by atoms with Crippen LogP contribution in [0.25, 0.3) is 0 Å². The zero-order valence-electron chi connectivity index (χ0n) is 17.4. The molecule has 5 rings (SSSR count). The SMILES string of the molecule is Cc1ccc2c(c1)C1(CCC(N[C@@H]3CC[C@H](c4nc(C(F)(F)F)no4)C3)CC1)C(O)N2. The van der Waals surface area contributed by atoms with E-state index in [1.54, 1.807) is 0 Å². The van der Waals surface area contributed by atoms with Crippen LogP contribution in [0.3, 0.4) is 0 Å². The Labute approximate surface area is 178 Å². The highest BCUT2D eigenvalue weighted by Crippen LogP contribution is 2.50. The number of anilines is 1. The molecule has 1 aromatic carbocycles. The second-order valence-corrected chi connectivity index (χ2v) is 9.35. The van der Waals surface area contributed by atoms with Crippen molar-refractivity contribution in [2.75, 3.05) is 5.32 Å². The van der Waals surface area contributed by atoms with E-state index in [0.29, 0.717) is 12.5 Å². The molecule has 9 heteroatoms. The van der Waals surface area contributed by atoms with E-state index >= 15 is 0 Å². The van der Waals surface area contributed by atoms with E-state index < -0.39 is 18.2 Å². The monoisotopic (exact) mass is 436 g/mol. The lowest BCUT2D eigenvalue weighted by molar-refractivity contribution is -0.146. The van der Waals surface area contributed by atoms with Crippen LogP contribution in [0.15, 0.2) is 22.7 Å². The molecule has 3 aliphatic rings. The molecule has 0 bridgehead atoms. The molecule has 0 amide bonds. The molecule has 3 N–H and O–H groups in total. The minimum absolute atomic E-state index is 0.0892. The summed E-state index contributed by atoms with van der Waals surface area (Å²) in [5.41, 5.74) is 3.20. The highest BCUT2D eigenvalue weighted by atomic mass is 19.4. The zero-order valence-corrected chi connectivity index (χ0v) is 17.4. The average molecular weight is 436 g/mol. The van der Waals surface area contributed by atoms with Gasteiger partial charge in [-0.2, -0.15) is 18.2 Å². The van der Waals surface area contributed by atoms with Gasteiger partial charge in [-0.1, -0.05) is 22.9 Å². The Hall–Kier alpha value is -2.13. The Kier molecular flexibility index (Phi) is 5.01. The van der Waals surface area contributed by atoms with Crippen molar-refractivity contribution in [2.24, 2.45) is 0 Å². The van der Waals surface area contributed by atoms with Gasteiger partial charge in [0.05, 0.1) is 0 Å². The molecule has 2 saturated carbocycles.